The maximum absolute atomic E-state index is 4.34. The molecule has 0 unspecified atom stereocenters. The minimum absolute atomic E-state index is 0.902. The molecule has 0 aliphatic carbocycles. The molecule has 0 aromatic carbocycles. The third-order valence-electron chi connectivity index (χ3n) is 2.17. The van der Waals surface area contributed by atoms with Crippen molar-refractivity contribution in [3.63, 3.8) is 0 Å². The van der Waals surface area contributed by atoms with Gasteiger partial charge in [0.1, 0.15) is 0 Å². The highest BCUT2D eigenvalue weighted by Crippen LogP contribution is 1.98. The predicted octanol–water partition coefficient (Wildman–Crippen LogP) is 1.45. The molecule has 0 amide bonds. The summed E-state index contributed by atoms with van der Waals surface area (Å²) in [7, 11) is 0. The zero-order chi connectivity index (χ0) is 10.9. The van der Waals surface area contributed by atoms with Crippen molar-refractivity contribution in [2.75, 3.05) is 13.1 Å². The largest absolute Gasteiger partial charge is 0.336 e. The van der Waals surface area contributed by atoms with Crippen LogP contribution in [0.4, 0.5) is 0 Å². The van der Waals surface area contributed by atoms with Gasteiger partial charge in [0.05, 0.1) is 12.0 Å². The number of likely N-dealkylation sites (N-methyl/N-ethyl adjacent to an activating group) is 1. The molecule has 0 aliphatic rings. The molecule has 0 aliphatic heterocycles. The standard InChI is InChI=1S/C12H19N3/c1-3-5-6-9-15-10-12(14-11-15)7-8-13-4-2/h10-11,13H,4,6-9H2,1-2H3. The monoisotopic (exact) mass is 205 g/mol. The lowest BCUT2D eigenvalue weighted by atomic mass is 10.3. The van der Waals surface area contributed by atoms with Crippen LogP contribution in [0.3, 0.4) is 0 Å². The SMILES string of the molecule is CC#CCCn1cnc(CCNCC)c1. The Bertz CT molecular complexity index is 330. The Morgan fingerprint density at radius 2 is 2.40 bits per heavy atom. The molecule has 82 valence electrons. The molecule has 1 rings (SSSR count). The fourth-order valence-electron chi connectivity index (χ4n) is 1.36. The second-order valence-corrected chi connectivity index (χ2v) is 3.38. The van der Waals surface area contributed by atoms with Gasteiger partial charge in [-0.25, -0.2) is 4.98 Å². The van der Waals surface area contributed by atoms with Crippen molar-refractivity contribution in [3.8, 4) is 11.8 Å². The van der Waals surface area contributed by atoms with Gasteiger partial charge in [0.15, 0.2) is 0 Å². The quantitative estimate of drug-likeness (QED) is 0.562. The normalized spacial score (nSPS) is 9.73. The van der Waals surface area contributed by atoms with Crippen LogP contribution < -0.4 is 5.32 Å². The van der Waals surface area contributed by atoms with E-state index in [2.05, 4.69) is 39.8 Å². The number of rotatable bonds is 6. The van der Waals surface area contributed by atoms with Crippen molar-refractivity contribution in [2.45, 2.75) is 33.2 Å². The van der Waals surface area contributed by atoms with Gasteiger partial charge >= 0.3 is 0 Å². The number of aromatic nitrogens is 2. The fourth-order valence-corrected chi connectivity index (χ4v) is 1.36. The Morgan fingerprint density at radius 1 is 1.53 bits per heavy atom. The molecular weight excluding hydrogens is 186 g/mol. The molecule has 0 atom stereocenters. The van der Waals surface area contributed by atoms with E-state index in [9.17, 15) is 0 Å². The summed E-state index contributed by atoms with van der Waals surface area (Å²) in [5, 5.41) is 3.29. The average molecular weight is 205 g/mol. The second-order valence-electron chi connectivity index (χ2n) is 3.38. The van der Waals surface area contributed by atoms with Gasteiger partial charge in [-0.15, -0.1) is 11.8 Å². The highest BCUT2D eigenvalue weighted by Gasteiger charge is 1.97. The Balaban J connectivity index is 2.31. The Hall–Kier alpha value is -1.27. The highest BCUT2D eigenvalue weighted by atomic mass is 15.0. The van der Waals surface area contributed by atoms with E-state index in [1.54, 1.807) is 0 Å². The van der Waals surface area contributed by atoms with Crippen molar-refractivity contribution in [2.24, 2.45) is 0 Å². The molecule has 0 bridgehead atoms. The summed E-state index contributed by atoms with van der Waals surface area (Å²) in [5.74, 6) is 5.94. The summed E-state index contributed by atoms with van der Waals surface area (Å²) in [6.45, 7) is 6.95. The first-order chi connectivity index (χ1) is 7.36. The lowest BCUT2D eigenvalue weighted by Gasteiger charge is -1.98. The summed E-state index contributed by atoms with van der Waals surface area (Å²) in [5.41, 5.74) is 1.15. The lowest BCUT2D eigenvalue weighted by molar-refractivity contribution is 0.703. The summed E-state index contributed by atoms with van der Waals surface area (Å²) < 4.78 is 2.10. The van der Waals surface area contributed by atoms with Crippen molar-refractivity contribution in [1.29, 1.82) is 0 Å². The van der Waals surface area contributed by atoms with Crippen LogP contribution in [0.15, 0.2) is 12.5 Å². The second kappa shape index (κ2) is 7.08. The van der Waals surface area contributed by atoms with Crippen molar-refractivity contribution >= 4 is 0 Å². The third kappa shape index (κ3) is 4.66. The van der Waals surface area contributed by atoms with E-state index in [1.165, 1.54) is 0 Å². The highest BCUT2D eigenvalue weighted by molar-refractivity contribution is 4.99. The van der Waals surface area contributed by atoms with Crippen LogP contribution in [0.25, 0.3) is 0 Å². The van der Waals surface area contributed by atoms with Crippen LogP contribution in [0.5, 0.6) is 0 Å². The molecule has 3 heteroatoms. The molecular formula is C12H19N3. The smallest absolute Gasteiger partial charge is 0.0949 e. The molecule has 0 fully saturated rings. The minimum atomic E-state index is 0.902. The Labute approximate surface area is 91.9 Å². The summed E-state index contributed by atoms with van der Waals surface area (Å²) in [6.07, 6.45) is 5.90. The third-order valence-corrected chi connectivity index (χ3v) is 2.17. The summed E-state index contributed by atoms with van der Waals surface area (Å²) in [6, 6.07) is 0. The first kappa shape index (κ1) is 11.8. The molecule has 1 heterocycles. The molecule has 1 aromatic rings. The van der Waals surface area contributed by atoms with Crippen LogP contribution in [0, 0.1) is 11.8 Å². The lowest BCUT2D eigenvalue weighted by Crippen LogP contribution is -2.16. The van der Waals surface area contributed by atoms with Crippen molar-refractivity contribution in [3.05, 3.63) is 18.2 Å². The zero-order valence-corrected chi connectivity index (χ0v) is 9.58. The molecule has 1 aromatic heterocycles. The number of hydrogen-bond acceptors (Lipinski definition) is 2. The van der Waals surface area contributed by atoms with Crippen LogP contribution in [-0.4, -0.2) is 22.6 Å². The molecule has 15 heavy (non-hydrogen) atoms. The van der Waals surface area contributed by atoms with Gasteiger partial charge in [-0.2, -0.15) is 0 Å². The van der Waals surface area contributed by atoms with Gasteiger partial charge in [0, 0.05) is 32.1 Å². The van der Waals surface area contributed by atoms with E-state index in [4.69, 9.17) is 0 Å². The van der Waals surface area contributed by atoms with E-state index in [0.29, 0.717) is 0 Å². The van der Waals surface area contributed by atoms with Gasteiger partial charge in [-0.3, -0.25) is 0 Å². The predicted molar refractivity (Wildman–Crippen MR) is 62.5 cm³/mol. The van der Waals surface area contributed by atoms with Gasteiger partial charge in [0.25, 0.3) is 0 Å². The molecule has 0 radical (unpaired) electrons. The van der Waals surface area contributed by atoms with E-state index in [1.807, 2.05) is 13.3 Å². The van der Waals surface area contributed by atoms with Gasteiger partial charge in [-0.05, 0) is 13.5 Å². The van der Waals surface area contributed by atoms with Crippen LogP contribution in [0.1, 0.15) is 26.0 Å². The number of hydrogen-bond donors (Lipinski definition) is 1. The number of nitrogens with zero attached hydrogens (tertiary/aromatic N) is 2. The van der Waals surface area contributed by atoms with E-state index in [0.717, 1.165) is 38.2 Å². The minimum Gasteiger partial charge on any atom is -0.336 e. The van der Waals surface area contributed by atoms with Crippen LogP contribution in [0.2, 0.25) is 0 Å². The van der Waals surface area contributed by atoms with E-state index >= 15 is 0 Å². The Kier molecular flexibility index (Phi) is 5.57. The van der Waals surface area contributed by atoms with Crippen LogP contribution in [-0.2, 0) is 13.0 Å². The van der Waals surface area contributed by atoms with E-state index in [-0.39, 0.29) is 0 Å². The van der Waals surface area contributed by atoms with Crippen LogP contribution >= 0.6 is 0 Å². The first-order valence-corrected chi connectivity index (χ1v) is 5.47. The maximum Gasteiger partial charge on any atom is 0.0949 e. The fraction of sp³-hybridized carbons (Fsp3) is 0.583. The molecule has 0 saturated carbocycles. The molecule has 0 spiro atoms. The summed E-state index contributed by atoms with van der Waals surface area (Å²) >= 11 is 0. The van der Waals surface area contributed by atoms with Crippen molar-refractivity contribution in [1.82, 2.24) is 14.9 Å². The van der Waals surface area contributed by atoms with E-state index < -0.39 is 0 Å². The molecule has 0 saturated heterocycles. The van der Waals surface area contributed by atoms with Gasteiger partial charge in [0.2, 0.25) is 0 Å². The average Bonchev–Trinajstić information content (AvgIpc) is 2.67. The zero-order valence-electron chi connectivity index (χ0n) is 9.58. The number of nitrogens with one attached hydrogen (secondary N) is 1. The first-order valence-electron chi connectivity index (χ1n) is 5.47. The van der Waals surface area contributed by atoms with Gasteiger partial charge < -0.3 is 9.88 Å². The number of aryl methyl sites for hydroxylation is 1. The topological polar surface area (TPSA) is 29.9 Å². The van der Waals surface area contributed by atoms with Crippen molar-refractivity contribution < 1.29 is 0 Å². The molecule has 3 nitrogen and oxygen atoms in total. The summed E-state index contributed by atoms with van der Waals surface area (Å²) in [4.78, 5) is 4.34. The Morgan fingerprint density at radius 3 is 3.13 bits per heavy atom. The maximum atomic E-state index is 4.34. The van der Waals surface area contributed by atoms with Gasteiger partial charge in [-0.1, -0.05) is 6.92 Å². The number of imidazole rings is 1. The molecule has 1 N–H and O–H groups in total.